The van der Waals surface area contributed by atoms with Crippen molar-refractivity contribution in [1.82, 2.24) is 0 Å². The van der Waals surface area contributed by atoms with Gasteiger partial charge in [0, 0.05) is 0 Å². The van der Waals surface area contributed by atoms with Crippen molar-refractivity contribution in [3.05, 3.63) is 108 Å². The van der Waals surface area contributed by atoms with Gasteiger partial charge in [-0.25, -0.2) is 4.39 Å². The molecule has 3 aromatic carbocycles. The summed E-state index contributed by atoms with van der Waals surface area (Å²) in [5, 5.41) is 0. The molecule has 3 rings (SSSR count). The van der Waals surface area contributed by atoms with Crippen molar-refractivity contribution >= 4 is 11.0 Å². The Morgan fingerprint density at radius 2 is 0.714 bits per heavy atom. The molecule has 0 bridgehead atoms. The Morgan fingerprint density at radius 1 is 0.476 bits per heavy atom. The zero-order valence-electron chi connectivity index (χ0n) is 11.0. The molecular formula is C19H19FSi. The minimum Gasteiger partial charge on any atom is -0.228 e. The lowest BCUT2D eigenvalue weighted by Gasteiger charge is -2.27. The Morgan fingerprint density at radius 3 is 0.952 bits per heavy atom. The number of rotatable bonds is 3. The first-order valence-electron chi connectivity index (χ1n) is 6.67. The number of benzene rings is 3. The van der Waals surface area contributed by atoms with Crippen molar-refractivity contribution in [2.75, 3.05) is 0 Å². The average Bonchev–Trinajstić information content (AvgIpc) is 2.56. The molecule has 0 aliphatic carbocycles. The van der Waals surface area contributed by atoms with Crippen LogP contribution in [-0.4, -0.2) is 11.0 Å². The van der Waals surface area contributed by atoms with Gasteiger partial charge < -0.3 is 0 Å². The summed E-state index contributed by atoms with van der Waals surface area (Å²) in [4.78, 5) is 0. The van der Waals surface area contributed by atoms with E-state index in [4.69, 9.17) is 0 Å². The minimum atomic E-state index is -1.62. The predicted octanol–water partition coefficient (Wildman–Crippen LogP) is 3.50. The van der Waals surface area contributed by atoms with Gasteiger partial charge in [0.1, 0.15) is 0 Å². The van der Waals surface area contributed by atoms with Crippen molar-refractivity contribution in [1.29, 1.82) is 0 Å². The minimum absolute atomic E-state index is 0. The van der Waals surface area contributed by atoms with E-state index in [1.54, 1.807) is 0 Å². The Kier molecular flexibility index (Phi) is 4.71. The SMILES string of the molecule is FC(c1ccccc1)(c1ccccc1)c1ccccc1.[SiH4]. The molecule has 0 aliphatic heterocycles. The number of alkyl halides is 1. The van der Waals surface area contributed by atoms with Crippen LogP contribution in [0.1, 0.15) is 16.7 Å². The van der Waals surface area contributed by atoms with Gasteiger partial charge in [-0.1, -0.05) is 91.0 Å². The third-order valence-corrected chi connectivity index (χ3v) is 3.51. The first kappa shape index (κ1) is 15.2. The second kappa shape index (κ2) is 6.51. The third kappa shape index (κ3) is 2.81. The van der Waals surface area contributed by atoms with Gasteiger partial charge in [0.25, 0.3) is 0 Å². The highest BCUT2D eigenvalue weighted by Crippen LogP contribution is 2.40. The van der Waals surface area contributed by atoms with E-state index >= 15 is 4.39 Å². The van der Waals surface area contributed by atoms with Crippen molar-refractivity contribution in [2.24, 2.45) is 0 Å². The first-order valence-corrected chi connectivity index (χ1v) is 6.67. The highest BCUT2D eigenvalue weighted by molar-refractivity contribution is 5.75. The molecular weight excluding hydrogens is 275 g/mol. The quantitative estimate of drug-likeness (QED) is 0.512. The molecule has 0 atom stereocenters. The van der Waals surface area contributed by atoms with E-state index in [1.165, 1.54) is 0 Å². The largest absolute Gasteiger partial charge is 0.228 e. The van der Waals surface area contributed by atoms with Gasteiger partial charge in [-0.2, -0.15) is 0 Å². The van der Waals surface area contributed by atoms with Crippen LogP contribution in [0.5, 0.6) is 0 Å². The van der Waals surface area contributed by atoms with Crippen LogP contribution in [0.15, 0.2) is 91.0 Å². The van der Waals surface area contributed by atoms with Gasteiger partial charge in [-0.05, 0) is 27.7 Å². The molecule has 0 aliphatic rings. The van der Waals surface area contributed by atoms with E-state index in [0.29, 0.717) is 16.7 Å². The summed E-state index contributed by atoms with van der Waals surface area (Å²) in [6.07, 6.45) is 0. The van der Waals surface area contributed by atoms with Gasteiger partial charge >= 0.3 is 0 Å². The average molecular weight is 294 g/mol. The van der Waals surface area contributed by atoms with E-state index in [-0.39, 0.29) is 11.0 Å². The van der Waals surface area contributed by atoms with Gasteiger partial charge in [0.15, 0.2) is 5.67 Å². The smallest absolute Gasteiger partial charge is 0.186 e. The third-order valence-electron chi connectivity index (χ3n) is 3.51. The number of halogens is 1. The first-order chi connectivity index (χ1) is 9.82. The van der Waals surface area contributed by atoms with Crippen molar-refractivity contribution < 1.29 is 4.39 Å². The highest BCUT2D eigenvalue weighted by atomic mass is 28.1. The normalized spacial score (nSPS) is 10.7. The fraction of sp³-hybridized carbons (Fsp3) is 0.0526. The number of hydrogen-bond acceptors (Lipinski definition) is 0. The molecule has 0 radical (unpaired) electrons. The Balaban J connectivity index is 0.00000161. The maximum absolute atomic E-state index is 16.0. The maximum Gasteiger partial charge on any atom is 0.186 e. The molecule has 0 fully saturated rings. The van der Waals surface area contributed by atoms with Crippen LogP contribution < -0.4 is 0 Å². The molecule has 0 spiro atoms. The second-order valence-corrected chi connectivity index (χ2v) is 4.76. The van der Waals surface area contributed by atoms with Gasteiger partial charge in [0.2, 0.25) is 0 Å². The summed E-state index contributed by atoms with van der Waals surface area (Å²) in [5.74, 6) is 0. The van der Waals surface area contributed by atoms with Crippen molar-refractivity contribution in [3.63, 3.8) is 0 Å². The Labute approximate surface area is 129 Å². The summed E-state index contributed by atoms with van der Waals surface area (Å²) in [7, 11) is 0. The van der Waals surface area contributed by atoms with E-state index in [1.807, 2.05) is 91.0 Å². The zero-order chi connectivity index (χ0) is 13.8. The van der Waals surface area contributed by atoms with Crippen LogP contribution >= 0.6 is 0 Å². The van der Waals surface area contributed by atoms with Crippen LogP contribution in [0.4, 0.5) is 4.39 Å². The molecule has 0 unspecified atom stereocenters. The van der Waals surface area contributed by atoms with E-state index < -0.39 is 5.67 Å². The van der Waals surface area contributed by atoms with Crippen LogP contribution in [0.2, 0.25) is 0 Å². The monoisotopic (exact) mass is 294 g/mol. The summed E-state index contributed by atoms with van der Waals surface area (Å²) < 4.78 is 16.0. The van der Waals surface area contributed by atoms with Crippen LogP contribution in [0.25, 0.3) is 0 Å². The maximum atomic E-state index is 16.0. The fourth-order valence-electron chi connectivity index (χ4n) is 2.50. The lowest BCUT2D eigenvalue weighted by Crippen LogP contribution is -2.23. The lowest BCUT2D eigenvalue weighted by atomic mass is 9.82. The molecule has 3 aromatic rings. The van der Waals surface area contributed by atoms with Crippen LogP contribution in [-0.2, 0) is 5.67 Å². The topological polar surface area (TPSA) is 0 Å². The Bertz CT molecular complexity index is 569. The molecule has 0 heterocycles. The molecule has 0 amide bonds. The number of hydrogen-bond donors (Lipinski definition) is 0. The molecule has 0 saturated heterocycles. The van der Waals surface area contributed by atoms with Gasteiger partial charge in [-0.3, -0.25) is 0 Å². The summed E-state index contributed by atoms with van der Waals surface area (Å²) >= 11 is 0. The fourth-order valence-corrected chi connectivity index (χ4v) is 2.50. The molecule has 21 heavy (non-hydrogen) atoms. The molecule has 0 nitrogen and oxygen atoms in total. The molecule has 0 aromatic heterocycles. The van der Waals surface area contributed by atoms with E-state index in [0.717, 1.165) is 0 Å². The zero-order valence-corrected chi connectivity index (χ0v) is 11.0. The molecule has 2 heteroatoms. The van der Waals surface area contributed by atoms with Gasteiger partial charge in [-0.15, -0.1) is 0 Å². The highest BCUT2D eigenvalue weighted by Gasteiger charge is 2.35. The van der Waals surface area contributed by atoms with Crippen molar-refractivity contribution in [2.45, 2.75) is 5.67 Å². The summed E-state index contributed by atoms with van der Waals surface area (Å²) in [5.41, 5.74) is 0.330. The summed E-state index contributed by atoms with van der Waals surface area (Å²) in [6.45, 7) is 0. The predicted molar refractivity (Wildman–Crippen MR) is 91.7 cm³/mol. The standard InChI is InChI=1S/C19H15F.H4Si/c20-19(16-10-4-1-5-11-16,17-12-6-2-7-13-17)18-14-8-3-9-15-18;/h1-15H;1H4. The van der Waals surface area contributed by atoms with E-state index in [2.05, 4.69) is 0 Å². The molecule has 0 N–H and O–H groups in total. The Hall–Kier alpha value is -2.19. The molecule has 0 saturated carbocycles. The molecule has 106 valence electrons. The summed E-state index contributed by atoms with van der Waals surface area (Å²) in [6, 6.07) is 27.9. The van der Waals surface area contributed by atoms with E-state index in [9.17, 15) is 0 Å². The van der Waals surface area contributed by atoms with Crippen LogP contribution in [0, 0.1) is 0 Å². The lowest BCUT2D eigenvalue weighted by molar-refractivity contribution is 0.281. The second-order valence-electron chi connectivity index (χ2n) is 4.76. The van der Waals surface area contributed by atoms with Crippen LogP contribution in [0.3, 0.4) is 0 Å². The van der Waals surface area contributed by atoms with Crippen molar-refractivity contribution in [3.8, 4) is 0 Å². The van der Waals surface area contributed by atoms with Gasteiger partial charge in [0.05, 0.1) is 0 Å².